The summed E-state index contributed by atoms with van der Waals surface area (Å²) in [4.78, 5) is 14.4. The first-order chi connectivity index (χ1) is 10.0. The molecule has 1 aromatic rings. The quantitative estimate of drug-likeness (QED) is 0.385. The SMILES string of the molecule is CC1SCCN(C(=O)Cc2ccc(/C(N)=N/O)cc2)C1C. The van der Waals surface area contributed by atoms with E-state index in [1.807, 2.05) is 28.8 Å². The summed E-state index contributed by atoms with van der Waals surface area (Å²) in [6, 6.07) is 7.48. The molecule has 1 aliphatic heterocycles. The van der Waals surface area contributed by atoms with Gasteiger partial charge < -0.3 is 15.8 Å². The Labute approximate surface area is 129 Å². The number of benzene rings is 1. The molecular weight excluding hydrogens is 286 g/mol. The molecule has 0 bridgehead atoms. The minimum absolute atomic E-state index is 0.0726. The predicted octanol–water partition coefficient (Wildman–Crippen LogP) is 1.68. The molecule has 1 fully saturated rings. The molecule has 6 heteroatoms. The third-order valence-corrected chi connectivity index (χ3v) is 5.25. The van der Waals surface area contributed by atoms with Crippen molar-refractivity contribution in [2.45, 2.75) is 31.6 Å². The first-order valence-electron chi connectivity index (χ1n) is 7.01. The van der Waals surface area contributed by atoms with Crippen molar-refractivity contribution in [3.05, 3.63) is 35.4 Å². The van der Waals surface area contributed by atoms with Crippen LogP contribution in [-0.4, -0.2) is 45.4 Å². The Hall–Kier alpha value is -1.69. The summed E-state index contributed by atoms with van der Waals surface area (Å²) in [5.41, 5.74) is 7.10. The number of nitrogens with two attached hydrogens (primary N) is 1. The number of carbonyl (C=O) groups is 1. The van der Waals surface area contributed by atoms with Gasteiger partial charge in [-0.2, -0.15) is 11.8 Å². The first kappa shape index (κ1) is 15.7. The highest BCUT2D eigenvalue weighted by molar-refractivity contribution is 8.00. The fourth-order valence-corrected chi connectivity index (χ4v) is 3.51. The lowest BCUT2D eigenvalue weighted by Gasteiger charge is -2.37. The average Bonchev–Trinajstić information content (AvgIpc) is 2.50. The Morgan fingerprint density at radius 2 is 2.10 bits per heavy atom. The summed E-state index contributed by atoms with van der Waals surface area (Å²) in [5.74, 6) is 1.23. The number of carbonyl (C=O) groups excluding carboxylic acids is 1. The van der Waals surface area contributed by atoms with Crippen LogP contribution in [0.5, 0.6) is 0 Å². The summed E-state index contributed by atoms with van der Waals surface area (Å²) < 4.78 is 0. The fraction of sp³-hybridized carbons (Fsp3) is 0.467. The van der Waals surface area contributed by atoms with Crippen LogP contribution in [0.25, 0.3) is 0 Å². The van der Waals surface area contributed by atoms with Gasteiger partial charge in [0.25, 0.3) is 0 Å². The molecule has 0 spiro atoms. The summed E-state index contributed by atoms with van der Waals surface area (Å²) in [7, 11) is 0. The monoisotopic (exact) mass is 307 g/mol. The molecule has 1 saturated heterocycles. The molecule has 0 aromatic heterocycles. The van der Waals surface area contributed by atoms with Crippen LogP contribution in [0.4, 0.5) is 0 Å². The minimum Gasteiger partial charge on any atom is -0.409 e. The number of oxime groups is 1. The van der Waals surface area contributed by atoms with E-state index in [1.165, 1.54) is 0 Å². The van der Waals surface area contributed by atoms with E-state index in [0.29, 0.717) is 17.2 Å². The summed E-state index contributed by atoms with van der Waals surface area (Å²) in [6.45, 7) is 5.09. The number of amides is 1. The van der Waals surface area contributed by atoms with Crippen molar-refractivity contribution in [1.29, 1.82) is 0 Å². The molecule has 1 heterocycles. The minimum atomic E-state index is 0.0726. The molecular formula is C15H21N3O2S. The molecule has 2 unspecified atom stereocenters. The number of hydrogen-bond donors (Lipinski definition) is 2. The lowest BCUT2D eigenvalue weighted by molar-refractivity contribution is -0.132. The molecule has 1 amide bonds. The van der Waals surface area contributed by atoms with E-state index in [9.17, 15) is 4.79 Å². The normalized spacial score (nSPS) is 23.1. The van der Waals surface area contributed by atoms with Crippen LogP contribution in [0.15, 0.2) is 29.4 Å². The van der Waals surface area contributed by atoms with Crippen molar-refractivity contribution >= 4 is 23.5 Å². The fourth-order valence-electron chi connectivity index (χ4n) is 2.41. The molecule has 2 atom stereocenters. The molecule has 1 aliphatic rings. The highest BCUT2D eigenvalue weighted by atomic mass is 32.2. The Kier molecular flexibility index (Phi) is 5.12. The van der Waals surface area contributed by atoms with E-state index in [1.54, 1.807) is 12.1 Å². The van der Waals surface area contributed by atoms with Gasteiger partial charge in [0.05, 0.1) is 6.42 Å². The predicted molar refractivity (Wildman–Crippen MR) is 85.8 cm³/mol. The van der Waals surface area contributed by atoms with Gasteiger partial charge >= 0.3 is 0 Å². The van der Waals surface area contributed by atoms with E-state index >= 15 is 0 Å². The van der Waals surface area contributed by atoms with E-state index in [0.717, 1.165) is 17.9 Å². The van der Waals surface area contributed by atoms with Gasteiger partial charge in [0, 0.05) is 29.2 Å². The average molecular weight is 307 g/mol. The van der Waals surface area contributed by atoms with Crippen LogP contribution >= 0.6 is 11.8 Å². The third kappa shape index (κ3) is 3.69. The lowest BCUT2D eigenvalue weighted by atomic mass is 10.1. The Morgan fingerprint density at radius 3 is 2.71 bits per heavy atom. The number of amidine groups is 1. The van der Waals surface area contributed by atoms with Crippen LogP contribution in [0.3, 0.4) is 0 Å². The molecule has 21 heavy (non-hydrogen) atoms. The van der Waals surface area contributed by atoms with Crippen LogP contribution in [0.2, 0.25) is 0 Å². The van der Waals surface area contributed by atoms with Gasteiger partial charge in [-0.25, -0.2) is 0 Å². The summed E-state index contributed by atoms with van der Waals surface area (Å²) in [6.07, 6.45) is 0.387. The van der Waals surface area contributed by atoms with Crippen molar-refractivity contribution in [1.82, 2.24) is 4.90 Å². The van der Waals surface area contributed by atoms with Crippen LogP contribution in [0.1, 0.15) is 25.0 Å². The van der Waals surface area contributed by atoms with Gasteiger partial charge in [-0.05, 0) is 12.5 Å². The maximum absolute atomic E-state index is 12.4. The highest BCUT2D eigenvalue weighted by Gasteiger charge is 2.28. The van der Waals surface area contributed by atoms with Crippen LogP contribution in [0, 0.1) is 0 Å². The van der Waals surface area contributed by atoms with E-state index in [2.05, 4.69) is 19.0 Å². The zero-order valence-electron chi connectivity index (χ0n) is 12.3. The zero-order chi connectivity index (χ0) is 15.4. The topological polar surface area (TPSA) is 78.9 Å². The second-order valence-electron chi connectivity index (χ2n) is 5.26. The first-order valence-corrected chi connectivity index (χ1v) is 8.05. The summed E-state index contributed by atoms with van der Waals surface area (Å²) >= 11 is 1.92. The molecule has 5 nitrogen and oxygen atoms in total. The number of nitrogens with zero attached hydrogens (tertiary/aromatic N) is 2. The largest absolute Gasteiger partial charge is 0.409 e. The second kappa shape index (κ2) is 6.85. The third-order valence-electron chi connectivity index (χ3n) is 3.92. The highest BCUT2D eigenvalue weighted by Crippen LogP contribution is 2.24. The Bertz CT molecular complexity index is 530. The van der Waals surface area contributed by atoms with E-state index < -0.39 is 0 Å². The van der Waals surface area contributed by atoms with Crippen molar-refractivity contribution in [3.63, 3.8) is 0 Å². The van der Waals surface area contributed by atoms with Crippen LogP contribution < -0.4 is 5.73 Å². The van der Waals surface area contributed by atoms with Gasteiger partial charge in [-0.3, -0.25) is 4.79 Å². The molecule has 0 saturated carbocycles. The van der Waals surface area contributed by atoms with E-state index in [4.69, 9.17) is 10.9 Å². The smallest absolute Gasteiger partial charge is 0.227 e. The Morgan fingerprint density at radius 1 is 1.43 bits per heavy atom. The molecule has 2 rings (SSSR count). The molecule has 3 N–H and O–H groups in total. The Balaban J connectivity index is 2.02. The van der Waals surface area contributed by atoms with Gasteiger partial charge in [-0.1, -0.05) is 36.3 Å². The van der Waals surface area contributed by atoms with Crippen molar-refractivity contribution in [3.8, 4) is 0 Å². The maximum Gasteiger partial charge on any atom is 0.227 e. The lowest BCUT2D eigenvalue weighted by Crippen LogP contribution is -2.48. The second-order valence-corrected chi connectivity index (χ2v) is 6.75. The standard InChI is InChI=1S/C15H21N3O2S/c1-10-11(2)21-8-7-18(10)14(19)9-12-3-5-13(6-4-12)15(16)17-20/h3-6,10-11,20H,7-9H2,1-2H3,(H2,16,17). The number of hydrogen-bond acceptors (Lipinski definition) is 4. The van der Waals surface area contributed by atoms with Gasteiger partial charge in [-0.15, -0.1) is 0 Å². The molecule has 114 valence electrons. The van der Waals surface area contributed by atoms with Gasteiger partial charge in [0.2, 0.25) is 5.91 Å². The number of rotatable bonds is 3. The number of thioether (sulfide) groups is 1. The van der Waals surface area contributed by atoms with Crippen molar-refractivity contribution in [2.24, 2.45) is 10.9 Å². The summed E-state index contributed by atoms with van der Waals surface area (Å²) in [5, 5.41) is 12.1. The van der Waals surface area contributed by atoms with E-state index in [-0.39, 0.29) is 17.8 Å². The molecule has 1 aromatic carbocycles. The van der Waals surface area contributed by atoms with Crippen LogP contribution in [-0.2, 0) is 11.2 Å². The molecule has 0 aliphatic carbocycles. The molecule has 0 radical (unpaired) electrons. The zero-order valence-corrected chi connectivity index (χ0v) is 13.1. The van der Waals surface area contributed by atoms with Gasteiger partial charge in [0.1, 0.15) is 0 Å². The van der Waals surface area contributed by atoms with Crippen molar-refractivity contribution < 1.29 is 10.0 Å². The van der Waals surface area contributed by atoms with Crippen molar-refractivity contribution in [2.75, 3.05) is 12.3 Å². The van der Waals surface area contributed by atoms with Gasteiger partial charge in [0.15, 0.2) is 5.84 Å². The maximum atomic E-state index is 12.4.